The molecular weight excluding hydrogens is 496 g/mol. The molecule has 5 atom stereocenters. The van der Waals surface area contributed by atoms with Crippen LogP contribution in [-0.4, -0.2) is 59.5 Å². The first-order valence-corrected chi connectivity index (χ1v) is 11.9. The molecule has 1 aliphatic rings. The maximum atomic E-state index is 11.9. The van der Waals surface area contributed by atoms with Gasteiger partial charge in [-0.15, -0.1) is 0 Å². The molecule has 3 rings (SSSR count). The van der Waals surface area contributed by atoms with Gasteiger partial charge >= 0.3 is 23.5 Å². The fourth-order valence-corrected chi connectivity index (χ4v) is 4.46. The second kappa shape index (κ2) is 11.6. The van der Waals surface area contributed by atoms with Crippen LogP contribution in [0.1, 0.15) is 33.3 Å². The minimum atomic E-state index is -1.34. The number of hydrogen-bond donors (Lipinski definition) is 0. The SMILES string of the molecule is CC(=O)OC1[C@H](Oc2ccc3c(C)cc(=O)oc3c2)OC(CSC(C)=O)[C@@H](OC(C)=O)[C@@H]1OC(C)=O. The lowest BCUT2D eigenvalue weighted by molar-refractivity contribution is -0.279. The second-order valence-electron chi connectivity index (χ2n) is 8.09. The van der Waals surface area contributed by atoms with Gasteiger partial charge in [0.15, 0.2) is 17.3 Å². The highest BCUT2D eigenvalue weighted by Crippen LogP contribution is 2.33. The van der Waals surface area contributed by atoms with E-state index in [0.29, 0.717) is 10.9 Å². The predicted octanol–water partition coefficient (Wildman–Crippen LogP) is 2.28. The zero-order valence-corrected chi connectivity index (χ0v) is 21.1. The highest BCUT2D eigenvalue weighted by molar-refractivity contribution is 8.13. The lowest BCUT2D eigenvalue weighted by Gasteiger charge is -2.44. The maximum absolute atomic E-state index is 11.9. The summed E-state index contributed by atoms with van der Waals surface area (Å²) in [6.45, 7) is 6.57. The van der Waals surface area contributed by atoms with E-state index < -0.39 is 54.2 Å². The first kappa shape index (κ1) is 27.2. The number of carbonyl (C=O) groups excluding carboxylic acids is 4. The number of carbonyl (C=O) groups is 4. The topological polar surface area (TPSA) is 145 Å². The van der Waals surface area contributed by atoms with Crippen molar-refractivity contribution in [1.29, 1.82) is 0 Å². The third-order valence-corrected chi connectivity index (χ3v) is 6.02. The first-order chi connectivity index (χ1) is 16.9. The van der Waals surface area contributed by atoms with Crippen LogP contribution in [0.4, 0.5) is 0 Å². The Labute approximate surface area is 210 Å². The van der Waals surface area contributed by atoms with Gasteiger partial charge in [0.25, 0.3) is 0 Å². The number of thioether (sulfide) groups is 1. The minimum Gasteiger partial charge on any atom is -0.461 e. The van der Waals surface area contributed by atoms with Crippen LogP contribution in [0, 0.1) is 6.92 Å². The first-order valence-electron chi connectivity index (χ1n) is 11.0. The Kier molecular flexibility index (Phi) is 8.75. The number of aryl methyl sites for hydroxylation is 1. The maximum Gasteiger partial charge on any atom is 0.336 e. The number of esters is 3. The Morgan fingerprint density at radius 2 is 1.50 bits per heavy atom. The Morgan fingerprint density at radius 1 is 0.889 bits per heavy atom. The summed E-state index contributed by atoms with van der Waals surface area (Å²) in [7, 11) is 0. The summed E-state index contributed by atoms with van der Waals surface area (Å²) >= 11 is 0.909. The minimum absolute atomic E-state index is 0.0312. The van der Waals surface area contributed by atoms with Crippen LogP contribution >= 0.6 is 11.8 Å². The molecule has 0 saturated carbocycles. The molecule has 36 heavy (non-hydrogen) atoms. The molecule has 1 aromatic carbocycles. The summed E-state index contributed by atoms with van der Waals surface area (Å²) in [4.78, 5) is 59.1. The fourth-order valence-electron chi connectivity index (χ4n) is 3.80. The summed E-state index contributed by atoms with van der Waals surface area (Å²) in [5.74, 6) is -1.92. The number of fused-ring (bicyclic) bond motifs is 1. The number of hydrogen-bond acceptors (Lipinski definition) is 12. The zero-order chi connectivity index (χ0) is 26.6. The Morgan fingerprint density at radius 3 is 2.11 bits per heavy atom. The lowest BCUT2D eigenvalue weighted by Crippen LogP contribution is -2.63. The van der Waals surface area contributed by atoms with E-state index in [1.165, 1.54) is 19.1 Å². The molecule has 0 N–H and O–H groups in total. The second-order valence-corrected chi connectivity index (χ2v) is 9.29. The largest absolute Gasteiger partial charge is 0.461 e. The molecule has 1 fully saturated rings. The van der Waals surface area contributed by atoms with Crippen LogP contribution in [0.5, 0.6) is 5.75 Å². The normalized spacial score (nSPS) is 23.5. The van der Waals surface area contributed by atoms with Crippen molar-refractivity contribution < 1.29 is 47.3 Å². The Hall–Kier alpha value is -3.38. The van der Waals surface area contributed by atoms with Gasteiger partial charge in [-0.3, -0.25) is 19.2 Å². The molecule has 2 aromatic rings. The van der Waals surface area contributed by atoms with Crippen molar-refractivity contribution in [2.75, 3.05) is 5.75 Å². The molecule has 194 valence electrons. The van der Waals surface area contributed by atoms with E-state index in [2.05, 4.69) is 0 Å². The van der Waals surface area contributed by atoms with Gasteiger partial charge in [-0.05, 0) is 24.6 Å². The molecular formula is C24H26O11S. The van der Waals surface area contributed by atoms with E-state index in [1.807, 2.05) is 0 Å². The van der Waals surface area contributed by atoms with E-state index in [-0.39, 0.29) is 22.2 Å². The van der Waals surface area contributed by atoms with Crippen molar-refractivity contribution in [3.63, 3.8) is 0 Å². The summed E-state index contributed by atoms with van der Waals surface area (Å²) in [5.41, 5.74) is 0.430. The summed E-state index contributed by atoms with van der Waals surface area (Å²) in [6, 6.07) is 6.11. The molecule has 2 unspecified atom stereocenters. The van der Waals surface area contributed by atoms with Crippen molar-refractivity contribution in [2.24, 2.45) is 0 Å². The van der Waals surface area contributed by atoms with Crippen LogP contribution in [0.25, 0.3) is 11.0 Å². The Bertz CT molecular complexity index is 1220. The van der Waals surface area contributed by atoms with Gasteiger partial charge in [-0.1, -0.05) is 11.8 Å². The summed E-state index contributed by atoms with van der Waals surface area (Å²) < 4.78 is 33.4. The third kappa shape index (κ3) is 6.85. The number of rotatable bonds is 7. The Balaban J connectivity index is 2.02. The van der Waals surface area contributed by atoms with Crippen LogP contribution in [0.3, 0.4) is 0 Å². The highest BCUT2D eigenvalue weighted by atomic mass is 32.2. The van der Waals surface area contributed by atoms with E-state index in [9.17, 15) is 24.0 Å². The van der Waals surface area contributed by atoms with Gasteiger partial charge < -0.3 is 28.1 Å². The molecule has 1 aromatic heterocycles. The molecule has 1 saturated heterocycles. The molecule has 1 aliphatic heterocycles. The molecule has 0 aliphatic carbocycles. The molecule has 0 spiro atoms. The van der Waals surface area contributed by atoms with Crippen LogP contribution in [0.15, 0.2) is 33.5 Å². The van der Waals surface area contributed by atoms with Crippen molar-refractivity contribution in [1.82, 2.24) is 0 Å². The van der Waals surface area contributed by atoms with E-state index in [4.69, 9.17) is 28.1 Å². The van der Waals surface area contributed by atoms with Gasteiger partial charge in [-0.2, -0.15) is 0 Å². The van der Waals surface area contributed by atoms with Gasteiger partial charge in [-0.25, -0.2) is 4.79 Å². The van der Waals surface area contributed by atoms with Crippen molar-refractivity contribution in [3.8, 4) is 5.75 Å². The molecule has 0 bridgehead atoms. The van der Waals surface area contributed by atoms with Crippen molar-refractivity contribution in [2.45, 2.75) is 65.3 Å². The quantitative estimate of drug-likeness (QED) is 0.299. The number of ether oxygens (including phenoxy) is 5. The molecule has 2 heterocycles. The smallest absolute Gasteiger partial charge is 0.336 e. The van der Waals surface area contributed by atoms with Crippen molar-refractivity contribution >= 4 is 45.8 Å². The van der Waals surface area contributed by atoms with Crippen LogP contribution in [0.2, 0.25) is 0 Å². The average Bonchev–Trinajstić information content (AvgIpc) is 2.75. The lowest BCUT2D eigenvalue weighted by atomic mass is 9.98. The molecule has 0 radical (unpaired) electrons. The van der Waals surface area contributed by atoms with E-state index in [1.54, 1.807) is 19.1 Å². The van der Waals surface area contributed by atoms with E-state index >= 15 is 0 Å². The average molecular weight is 523 g/mol. The zero-order valence-electron chi connectivity index (χ0n) is 20.3. The third-order valence-electron chi connectivity index (χ3n) is 5.12. The molecule has 0 amide bonds. The summed E-state index contributed by atoms with van der Waals surface area (Å²) in [5, 5.41) is 0.468. The van der Waals surface area contributed by atoms with Gasteiger partial charge in [0, 0.05) is 51.0 Å². The van der Waals surface area contributed by atoms with Crippen LogP contribution < -0.4 is 10.4 Å². The van der Waals surface area contributed by atoms with Crippen molar-refractivity contribution in [3.05, 3.63) is 40.2 Å². The van der Waals surface area contributed by atoms with Gasteiger partial charge in [0.05, 0.1) is 0 Å². The standard InChI is InChI=1S/C24H26O11S/c1-11-8-20(29)34-18-9-16(6-7-17(11)18)33-24-23(32-14(4)27)22(31-13(3)26)21(30-12(2)25)19(35-24)10-36-15(5)28/h6-9,19,21-24H,10H2,1-5H3/t19?,21-,22+,23?,24-/m1/s1. The number of benzene rings is 1. The van der Waals surface area contributed by atoms with E-state index in [0.717, 1.165) is 32.5 Å². The van der Waals surface area contributed by atoms with Gasteiger partial charge in [0.1, 0.15) is 17.4 Å². The highest BCUT2D eigenvalue weighted by Gasteiger charge is 2.53. The fraction of sp³-hybridized carbons (Fsp3) is 0.458. The molecule has 11 nitrogen and oxygen atoms in total. The predicted molar refractivity (Wildman–Crippen MR) is 126 cm³/mol. The molecule has 12 heteroatoms. The van der Waals surface area contributed by atoms with Crippen LogP contribution in [-0.2, 0) is 38.1 Å². The monoisotopic (exact) mass is 522 g/mol. The van der Waals surface area contributed by atoms with Gasteiger partial charge in [0.2, 0.25) is 12.4 Å². The summed E-state index contributed by atoms with van der Waals surface area (Å²) in [6.07, 6.45) is -6.14.